The van der Waals surface area contributed by atoms with Gasteiger partial charge in [0.25, 0.3) is 5.91 Å². The second-order valence-electron chi connectivity index (χ2n) is 3.01. The standard InChI is InChI=1S/C6H14N3O4P/c1-3-6(2,14(11,12)13)4(10)9-5(7)8/h3H2,1-2H3,(H2,11,12,13)(H4,7,8,9,10). The van der Waals surface area contributed by atoms with E-state index in [1.165, 1.54) is 6.92 Å². The zero-order valence-electron chi connectivity index (χ0n) is 7.97. The Balaban J connectivity index is 5.19. The van der Waals surface area contributed by atoms with Crippen molar-refractivity contribution in [2.24, 2.45) is 16.5 Å². The van der Waals surface area contributed by atoms with Crippen molar-refractivity contribution in [1.82, 2.24) is 0 Å². The second kappa shape index (κ2) is 4.08. The van der Waals surface area contributed by atoms with Gasteiger partial charge in [0.15, 0.2) is 5.96 Å². The Hall–Kier alpha value is -0.910. The number of guanidine groups is 1. The van der Waals surface area contributed by atoms with Crippen molar-refractivity contribution >= 4 is 19.5 Å². The van der Waals surface area contributed by atoms with Crippen LogP contribution in [0.2, 0.25) is 0 Å². The van der Waals surface area contributed by atoms with Gasteiger partial charge in [0.2, 0.25) is 0 Å². The van der Waals surface area contributed by atoms with Crippen LogP contribution in [0.1, 0.15) is 20.3 Å². The molecule has 0 heterocycles. The van der Waals surface area contributed by atoms with Crippen LogP contribution in [0.25, 0.3) is 0 Å². The lowest BCUT2D eigenvalue weighted by molar-refractivity contribution is -0.120. The minimum Gasteiger partial charge on any atom is -0.370 e. The highest BCUT2D eigenvalue weighted by atomic mass is 31.2. The minimum atomic E-state index is -4.57. The number of carbonyl (C=O) groups excluding carboxylic acids is 1. The molecule has 1 unspecified atom stereocenters. The molecule has 1 amide bonds. The summed E-state index contributed by atoms with van der Waals surface area (Å²) in [6.45, 7) is 2.60. The molecule has 0 saturated carbocycles. The minimum absolute atomic E-state index is 0.0487. The van der Waals surface area contributed by atoms with E-state index in [-0.39, 0.29) is 6.42 Å². The Labute approximate surface area is 81.4 Å². The lowest BCUT2D eigenvalue weighted by atomic mass is 10.1. The van der Waals surface area contributed by atoms with Crippen LogP contribution >= 0.6 is 7.60 Å². The van der Waals surface area contributed by atoms with Crippen LogP contribution in [0.4, 0.5) is 0 Å². The van der Waals surface area contributed by atoms with Gasteiger partial charge in [-0.25, -0.2) is 0 Å². The van der Waals surface area contributed by atoms with Gasteiger partial charge < -0.3 is 21.3 Å². The molecule has 1 atom stereocenters. The van der Waals surface area contributed by atoms with Crippen LogP contribution in [0, 0.1) is 0 Å². The van der Waals surface area contributed by atoms with Crippen LogP contribution < -0.4 is 11.5 Å². The molecule has 0 aliphatic heterocycles. The Morgan fingerprint density at radius 1 is 1.50 bits per heavy atom. The highest BCUT2D eigenvalue weighted by molar-refractivity contribution is 7.54. The number of rotatable bonds is 3. The van der Waals surface area contributed by atoms with E-state index in [0.717, 1.165) is 6.92 Å². The summed E-state index contributed by atoms with van der Waals surface area (Å²) in [6, 6.07) is 0. The van der Waals surface area contributed by atoms with Crippen LogP contribution in [0.15, 0.2) is 4.99 Å². The van der Waals surface area contributed by atoms with E-state index in [1.807, 2.05) is 0 Å². The topological polar surface area (TPSA) is 139 Å². The number of amides is 1. The molecular formula is C6H14N3O4P. The molecule has 14 heavy (non-hydrogen) atoms. The van der Waals surface area contributed by atoms with Gasteiger partial charge in [0.1, 0.15) is 5.16 Å². The lowest BCUT2D eigenvalue weighted by Gasteiger charge is -2.24. The third kappa shape index (κ3) is 2.54. The summed E-state index contributed by atoms with van der Waals surface area (Å²) in [6.07, 6.45) is -0.0487. The lowest BCUT2D eigenvalue weighted by Crippen LogP contribution is -2.36. The van der Waals surface area contributed by atoms with E-state index in [9.17, 15) is 9.36 Å². The SMILES string of the molecule is CCC(C)(C(=O)N=C(N)N)P(=O)(O)O. The molecule has 0 rings (SSSR count). The molecule has 0 saturated heterocycles. The molecule has 0 fully saturated rings. The van der Waals surface area contributed by atoms with E-state index in [0.29, 0.717) is 0 Å². The van der Waals surface area contributed by atoms with Crippen LogP contribution in [-0.4, -0.2) is 26.8 Å². The van der Waals surface area contributed by atoms with Gasteiger partial charge in [-0.2, -0.15) is 4.99 Å². The van der Waals surface area contributed by atoms with Crippen molar-refractivity contribution in [1.29, 1.82) is 0 Å². The molecule has 0 spiro atoms. The molecular weight excluding hydrogens is 209 g/mol. The zero-order valence-corrected chi connectivity index (χ0v) is 8.86. The number of nitrogens with zero attached hydrogens (tertiary/aromatic N) is 1. The summed E-state index contributed by atoms with van der Waals surface area (Å²) < 4.78 is 11.0. The summed E-state index contributed by atoms with van der Waals surface area (Å²) in [7, 11) is -4.57. The van der Waals surface area contributed by atoms with Gasteiger partial charge in [-0.3, -0.25) is 9.36 Å². The van der Waals surface area contributed by atoms with Crippen LogP contribution in [-0.2, 0) is 9.36 Å². The maximum Gasteiger partial charge on any atom is 0.340 e. The summed E-state index contributed by atoms with van der Waals surface area (Å²) in [4.78, 5) is 32.4. The summed E-state index contributed by atoms with van der Waals surface area (Å²) >= 11 is 0. The Morgan fingerprint density at radius 3 is 2.14 bits per heavy atom. The molecule has 7 nitrogen and oxygen atoms in total. The van der Waals surface area contributed by atoms with Crippen molar-refractivity contribution in [3.8, 4) is 0 Å². The molecule has 0 aliphatic rings. The number of nitrogens with two attached hydrogens (primary N) is 2. The van der Waals surface area contributed by atoms with E-state index >= 15 is 0 Å². The summed E-state index contributed by atoms with van der Waals surface area (Å²) in [5.41, 5.74) is 9.88. The van der Waals surface area contributed by atoms with Crippen molar-refractivity contribution in [3.05, 3.63) is 0 Å². The predicted molar refractivity (Wildman–Crippen MR) is 51.6 cm³/mol. The maximum atomic E-state index is 11.3. The third-order valence-electron chi connectivity index (χ3n) is 2.02. The largest absolute Gasteiger partial charge is 0.370 e. The molecule has 0 bridgehead atoms. The first-order valence-corrected chi connectivity index (χ1v) is 5.46. The van der Waals surface area contributed by atoms with Gasteiger partial charge in [-0.1, -0.05) is 6.92 Å². The van der Waals surface area contributed by atoms with E-state index in [4.69, 9.17) is 21.3 Å². The average Bonchev–Trinajstić information content (AvgIpc) is 1.99. The summed E-state index contributed by atoms with van der Waals surface area (Å²) in [5.74, 6) is -1.52. The Bertz CT molecular complexity index is 306. The molecule has 0 radical (unpaired) electrons. The monoisotopic (exact) mass is 223 g/mol. The fourth-order valence-corrected chi connectivity index (χ4v) is 1.43. The number of aliphatic imine (C=N–C) groups is 1. The van der Waals surface area contributed by atoms with Gasteiger partial charge in [0, 0.05) is 0 Å². The molecule has 0 aromatic heterocycles. The van der Waals surface area contributed by atoms with Gasteiger partial charge in [-0.15, -0.1) is 0 Å². The van der Waals surface area contributed by atoms with Crippen molar-refractivity contribution in [3.63, 3.8) is 0 Å². The number of carbonyl (C=O) groups is 1. The normalized spacial score (nSPS) is 15.7. The van der Waals surface area contributed by atoms with Crippen molar-refractivity contribution in [2.75, 3.05) is 0 Å². The number of hydrogen-bond donors (Lipinski definition) is 4. The highest BCUT2D eigenvalue weighted by Crippen LogP contribution is 2.52. The van der Waals surface area contributed by atoms with E-state index in [2.05, 4.69) is 4.99 Å². The quantitative estimate of drug-likeness (QED) is 0.278. The average molecular weight is 223 g/mol. The van der Waals surface area contributed by atoms with Gasteiger partial charge >= 0.3 is 7.60 Å². The molecule has 8 heteroatoms. The first kappa shape index (κ1) is 13.1. The first-order valence-electron chi connectivity index (χ1n) is 3.85. The zero-order chi connectivity index (χ0) is 11.6. The van der Waals surface area contributed by atoms with E-state index in [1.54, 1.807) is 0 Å². The predicted octanol–water partition coefficient (Wildman–Crippen LogP) is -0.867. The molecule has 6 N–H and O–H groups in total. The smallest absolute Gasteiger partial charge is 0.340 e. The van der Waals surface area contributed by atoms with Crippen LogP contribution in [0.3, 0.4) is 0 Å². The fraction of sp³-hybridized carbons (Fsp3) is 0.667. The second-order valence-corrected chi connectivity index (χ2v) is 5.09. The van der Waals surface area contributed by atoms with Crippen molar-refractivity contribution < 1.29 is 19.1 Å². The van der Waals surface area contributed by atoms with E-state index < -0.39 is 24.6 Å². The molecule has 82 valence electrons. The molecule has 0 aromatic rings. The highest BCUT2D eigenvalue weighted by Gasteiger charge is 2.47. The van der Waals surface area contributed by atoms with Gasteiger partial charge in [-0.05, 0) is 13.3 Å². The Morgan fingerprint density at radius 2 is 1.93 bits per heavy atom. The third-order valence-corrected chi connectivity index (χ3v) is 3.82. The summed E-state index contributed by atoms with van der Waals surface area (Å²) in [5, 5.41) is -1.85. The van der Waals surface area contributed by atoms with Crippen molar-refractivity contribution in [2.45, 2.75) is 25.4 Å². The molecule has 0 aliphatic carbocycles. The molecule has 0 aromatic carbocycles. The maximum absolute atomic E-state index is 11.3. The van der Waals surface area contributed by atoms with Crippen LogP contribution in [0.5, 0.6) is 0 Å². The Kier molecular flexibility index (Phi) is 3.81. The fourth-order valence-electron chi connectivity index (χ4n) is 0.719. The van der Waals surface area contributed by atoms with Gasteiger partial charge in [0.05, 0.1) is 0 Å². The number of hydrogen-bond acceptors (Lipinski definition) is 2. The first-order chi connectivity index (χ1) is 6.15.